The summed E-state index contributed by atoms with van der Waals surface area (Å²) in [6, 6.07) is 7.65. The number of hydrogen-bond donors (Lipinski definition) is 1. The van der Waals surface area contributed by atoms with Gasteiger partial charge in [0.1, 0.15) is 29.8 Å². The Morgan fingerprint density at radius 1 is 1.28 bits per heavy atom. The normalized spacial score (nSPS) is 16.5. The summed E-state index contributed by atoms with van der Waals surface area (Å²) in [7, 11) is 0. The second-order valence-corrected chi connectivity index (χ2v) is 8.24. The van der Waals surface area contributed by atoms with E-state index in [0.29, 0.717) is 18.9 Å². The molecule has 1 amide bonds. The van der Waals surface area contributed by atoms with Crippen molar-refractivity contribution >= 4 is 29.1 Å². The second kappa shape index (κ2) is 11.1. The number of nitrogens with zero attached hydrogens (tertiary/aromatic N) is 3. The summed E-state index contributed by atoms with van der Waals surface area (Å²) in [5.41, 5.74) is 0.949. The van der Waals surface area contributed by atoms with Crippen molar-refractivity contribution in [3.8, 4) is 11.6 Å². The highest BCUT2D eigenvalue weighted by atomic mass is 35.5. The van der Waals surface area contributed by atoms with E-state index in [4.69, 9.17) is 21.1 Å². The molecule has 0 aliphatic carbocycles. The molecule has 3 rings (SSSR count). The molecule has 8 nitrogen and oxygen atoms in total. The minimum Gasteiger partial charge on any atom is -0.489 e. The van der Waals surface area contributed by atoms with E-state index in [9.17, 15) is 9.59 Å². The lowest BCUT2D eigenvalue weighted by atomic mass is 10.0. The van der Waals surface area contributed by atoms with Crippen LogP contribution in [0.25, 0.3) is 0 Å². The van der Waals surface area contributed by atoms with Crippen LogP contribution >= 0.6 is 11.6 Å². The number of ketones is 1. The average Bonchev–Trinajstić information content (AvgIpc) is 3.24. The minimum atomic E-state index is -0.211. The Morgan fingerprint density at radius 3 is 2.72 bits per heavy atom. The van der Waals surface area contributed by atoms with Gasteiger partial charge in [0.05, 0.1) is 12.5 Å². The lowest BCUT2D eigenvalue weighted by molar-refractivity contribution is -0.122. The van der Waals surface area contributed by atoms with Crippen molar-refractivity contribution in [2.24, 2.45) is 0 Å². The average molecular weight is 461 g/mol. The summed E-state index contributed by atoms with van der Waals surface area (Å²) in [6.07, 6.45) is 3.07. The molecule has 2 aromatic rings. The van der Waals surface area contributed by atoms with Crippen LogP contribution in [0.2, 0.25) is 5.02 Å². The summed E-state index contributed by atoms with van der Waals surface area (Å²) >= 11 is 6.41. The summed E-state index contributed by atoms with van der Waals surface area (Å²) in [6.45, 7) is 7.30. The molecule has 0 radical (unpaired) electrons. The van der Waals surface area contributed by atoms with Gasteiger partial charge >= 0.3 is 0 Å². The number of carbonyl (C=O) groups excluding carboxylic acids is 2. The first-order valence-electron chi connectivity index (χ1n) is 10.8. The molecular weight excluding hydrogens is 432 g/mol. The van der Waals surface area contributed by atoms with E-state index in [1.807, 2.05) is 43.0 Å². The van der Waals surface area contributed by atoms with Crippen LogP contribution in [0.3, 0.4) is 0 Å². The number of anilines is 1. The molecule has 1 aromatic heterocycles. The van der Waals surface area contributed by atoms with Crippen LogP contribution in [0.15, 0.2) is 30.6 Å². The molecule has 1 aromatic carbocycles. The predicted molar refractivity (Wildman–Crippen MR) is 123 cm³/mol. The molecule has 1 N–H and O–H groups in total. The summed E-state index contributed by atoms with van der Waals surface area (Å²) < 4.78 is 11.5. The quantitative estimate of drug-likeness (QED) is 0.580. The van der Waals surface area contributed by atoms with Crippen molar-refractivity contribution in [2.75, 3.05) is 31.1 Å². The van der Waals surface area contributed by atoms with Gasteiger partial charge in [-0.15, -0.1) is 0 Å². The molecule has 0 saturated carbocycles. The van der Waals surface area contributed by atoms with Gasteiger partial charge in [-0.1, -0.05) is 30.7 Å². The molecule has 2 atom stereocenters. The molecule has 1 fully saturated rings. The fourth-order valence-electron chi connectivity index (χ4n) is 3.43. The maximum Gasteiger partial charge on any atom is 0.238 e. The third kappa shape index (κ3) is 6.09. The molecule has 0 spiro atoms. The highest BCUT2D eigenvalue weighted by Crippen LogP contribution is 2.33. The van der Waals surface area contributed by atoms with Gasteiger partial charge in [0.25, 0.3) is 0 Å². The van der Waals surface area contributed by atoms with Gasteiger partial charge in [-0.25, -0.2) is 9.97 Å². The van der Waals surface area contributed by atoms with Crippen LogP contribution in [-0.2, 0) is 9.59 Å². The second-order valence-electron chi connectivity index (χ2n) is 7.86. The molecule has 2 heterocycles. The first-order valence-corrected chi connectivity index (χ1v) is 11.2. The van der Waals surface area contributed by atoms with Crippen LogP contribution in [0.5, 0.6) is 11.6 Å². The van der Waals surface area contributed by atoms with Crippen molar-refractivity contribution in [1.82, 2.24) is 15.3 Å². The van der Waals surface area contributed by atoms with Crippen LogP contribution in [0.1, 0.15) is 45.1 Å². The Bertz CT molecular complexity index is 938. The Hall–Kier alpha value is -2.87. The van der Waals surface area contributed by atoms with E-state index in [1.165, 1.54) is 13.3 Å². The molecular formula is C23H29ClN4O4. The fraction of sp³-hybridized carbons (Fsp3) is 0.478. The van der Waals surface area contributed by atoms with E-state index in [1.54, 1.807) is 0 Å². The Balaban J connectivity index is 1.58. The van der Waals surface area contributed by atoms with E-state index in [-0.39, 0.29) is 41.2 Å². The van der Waals surface area contributed by atoms with E-state index >= 15 is 0 Å². The van der Waals surface area contributed by atoms with E-state index in [0.717, 1.165) is 30.7 Å². The molecule has 1 aliphatic rings. The van der Waals surface area contributed by atoms with Gasteiger partial charge in [-0.2, -0.15) is 0 Å². The molecule has 1 aliphatic heterocycles. The Morgan fingerprint density at radius 2 is 2.03 bits per heavy atom. The van der Waals surface area contributed by atoms with E-state index in [2.05, 4.69) is 15.3 Å². The summed E-state index contributed by atoms with van der Waals surface area (Å²) in [5.74, 6) is 1.22. The van der Waals surface area contributed by atoms with Gasteiger partial charge in [-0.05, 0) is 38.0 Å². The molecule has 172 valence electrons. The minimum absolute atomic E-state index is 0.0281. The van der Waals surface area contributed by atoms with Gasteiger partial charge in [0.2, 0.25) is 11.8 Å². The zero-order chi connectivity index (χ0) is 23.1. The molecule has 0 bridgehead atoms. The van der Waals surface area contributed by atoms with Crippen molar-refractivity contribution in [3.63, 3.8) is 0 Å². The molecule has 9 heteroatoms. The highest BCUT2D eigenvalue weighted by molar-refractivity contribution is 6.34. The maximum atomic E-state index is 12.2. The standard InChI is InChI=1S/C23H29ClN4O4/c1-4-10-25-22(30)16(3)17-5-7-18(8-6-17)32-19-9-11-28(12-19)21-20(24)23(27-14-26-21)31-13-15(2)29/h5-8,14,16,19H,4,9-13H2,1-3H3,(H,25,30)/t16?,19-/m1/s1. The third-order valence-corrected chi connectivity index (χ3v) is 5.55. The Kier molecular flexibility index (Phi) is 8.27. The first kappa shape index (κ1) is 23.8. The van der Waals surface area contributed by atoms with Gasteiger partial charge in [0, 0.05) is 19.5 Å². The number of Topliss-reactive ketones (excluding diaryl/α,β-unsaturated/α-hetero) is 1. The number of hydrogen-bond acceptors (Lipinski definition) is 7. The van der Waals surface area contributed by atoms with Crippen molar-refractivity contribution in [2.45, 2.75) is 45.6 Å². The van der Waals surface area contributed by atoms with Crippen LogP contribution in [-0.4, -0.2) is 54.0 Å². The number of benzene rings is 1. The largest absolute Gasteiger partial charge is 0.489 e. The number of carbonyl (C=O) groups is 2. The summed E-state index contributed by atoms with van der Waals surface area (Å²) in [5, 5.41) is 3.21. The van der Waals surface area contributed by atoms with Crippen LogP contribution in [0, 0.1) is 0 Å². The number of aromatic nitrogens is 2. The SMILES string of the molecule is CCCNC(=O)C(C)c1ccc(O[C@@H]2CCN(c3ncnc(OCC(C)=O)c3Cl)C2)cc1. The van der Waals surface area contributed by atoms with Crippen LogP contribution in [0.4, 0.5) is 5.82 Å². The molecule has 1 saturated heterocycles. The predicted octanol–water partition coefficient (Wildman–Crippen LogP) is 3.39. The van der Waals surface area contributed by atoms with Gasteiger partial charge in [0.15, 0.2) is 11.6 Å². The zero-order valence-electron chi connectivity index (χ0n) is 18.6. The molecule has 1 unspecified atom stereocenters. The number of amides is 1. The van der Waals surface area contributed by atoms with Gasteiger partial charge < -0.3 is 19.7 Å². The van der Waals surface area contributed by atoms with Crippen molar-refractivity contribution < 1.29 is 19.1 Å². The van der Waals surface area contributed by atoms with Crippen LogP contribution < -0.4 is 19.7 Å². The lowest BCUT2D eigenvalue weighted by Crippen LogP contribution is -2.28. The number of ether oxygens (including phenoxy) is 2. The van der Waals surface area contributed by atoms with Crippen molar-refractivity contribution in [3.05, 3.63) is 41.2 Å². The fourth-order valence-corrected chi connectivity index (χ4v) is 3.70. The van der Waals surface area contributed by atoms with Crippen molar-refractivity contribution in [1.29, 1.82) is 0 Å². The first-order chi connectivity index (χ1) is 15.4. The highest BCUT2D eigenvalue weighted by Gasteiger charge is 2.28. The maximum absolute atomic E-state index is 12.2. The van der Waals surface area contributed by atoms with E-state index < -0.39 is 0 Å². The smallest absolute Gasteiger partial charge is 0.238 e. The molecule has 32 heavy (non-hydrogen) atoms. The summed E-state index contributed by atoms with van der Waals surface area (Å²) in [4.78, 5) is 33.6. The number of rotatable bonds is 10. The lowest BCUT2D eigenvalue weighted by Gasteiger charge is -2.20. The van der Waals surface area contributed by atoms with Gasteiger partial charge in [-0.3, -0.25) is 9.59 Å². The number of nitrogens with one attached hydrogen (secondary N) is 1. The third-order valence-electron chi connectivity index (χ3n) is 5.22. The zero-order valence-corrected chi connectivity index (χ0v) is 19.4. The topological polar surface area (TPSA) is 93.7 Å². The monoisotopic (exact) mass is 460 g/mol. The Labute approximate surface area is 193 Å². The number of halogens is 1.